The maximum absolute atomic E-state index is 13.4. The topological polar surface area (TPSA) is 108 Å². The first-order valence-electron chi connectivity index (χ1n) is 14.9. The number of hydrogen-bond donors (Lipinski definition) is 4. The molecule has 5 N–H and O–H groups in total. The van der Waals surface area contributed by atoms with Crippen LogP contribution in [0.3, 0.4) is 0 Å². The lowest BCUT2D eigenvalue weighted by molar-refractivity contribution is -0.192. The summed E-state index contributed by atoms with van der Waals surface area (Å²) in [4.78, 5) is 24.0. The third-order valence-corrected chi connectivity index (χ3v) is 8.13. The first-order valence-corrected chi connectivity index (χ1v) is 14.9. The number of nitrogen functional groups attached to an aromatic ring is 1. The Morgan fingerprint density at radius 1 is 0.933 bits per heavy atom. The minimum atomic E-state index is -5.08. The number of halogens is 5. The molecule has 1 heterocycles. The summed E-state index contributed by atoms with van der Waals surface area (Å²) in [5.41, 5.74) is 9.39. The van der Waals surface area contributed by atoms with Crippen molar-refractivity contribution in [2.75, 3.05) is 37.2 Å². The molecule has 45 heavy (non-hydrogen) atoms. The summed E-state index contributed by atoms with van der Waals surface area (Å²) in [6.45, 7) is 4.43. The smallest absolute Gasteiger partial charge is 0.475 e. The molecule has 1 aliphatic heterocycles. The Hall–Kier alpha value is -4.03. The summed E-state index contributed by atoms with van der Waals surface area (Å²) in [7, 11) is 0. The Morgan fingerprint density at radius 2 is 1.56 bits per heavy atom. The number of hydrogen-bond acceptors (Lipinski definition) is 5. The van der Waals surface area contributed by atoms with Crippen molar-refractivity contribution in [2.45, 2.75) is 50.2 Å². The highest BCUT2D eigenvalue weighted by Gasteiger charge is 2.39. The molecule has 1 aliphatic carbocycles. The number of likely N-dealkylation sites (tertiary alicyclic amines) is 1. The fourth-order valence-corrected chi connectivity index (χ4v) is 5.39. The highest BCUT2D eigenvalue weighted by Crippen LogP contribution is 2.41. The molecule has 1 saturated heterocycles. The van der Waals surface area contributed by atoms with E-state index in [0.717, 1.165) is 51.4 Å². The summed E-state index contributed by atoms with van der Waals surface area (Å²) < 4.78 is 58.3. The number of benzene rings is 3. The van der Waals surface area contributed by atoms with E-state index in [0.29, 0.717) is 23.2 Å². The van der Waals surface area contributed by atoms with Crippen LogP contribution in [0.2, 0.25) is 0 Å². The van der Waals surface area contributed by atoms with E-state index in [1.807, 2.05) is 24.3 Å². The van der Waals surface area contributed by atoms with E-state index in [2.05, 4.69) is 15.5 Å². The molecular formula is C33H37F5N4O3. The summed E-state index contributed by atoms with van der Waals surface area (Å²) in [6.07, 6.45) is 0.557. The van der Waals surface area contributed by atoms with Crippen molar-refractivity contribution in [1.82, 2.24) is 10.2 Å². The second-order valence-corrected chi connectivity index (χ2v) is 11.5. The molecule has 3 aromatic rings. The van der Waals surface area contributed by atoms with E-state index < -0.39 is 18.0 Å². The van der Waals surface area contributed by atoms with Gasteiger partial charge in [-0.25, -0.2) is 13.6 Å². The fourth-order valence-electron chi connectivity index (χ4n) is 5.39. The van der Waals surface area contributed by atoms with Crippen LogP contribution in [-0.4, -0.2) is 60.3 Å². The average Bonchev–Trinajstić information content (AvgIpc) is 3.79. The first kappa shape index (κ1) is 33.9. The van der Waals surface area contributed by atoms with E-state index in [9.17, 15) is 26.7 Å². The average molecular weight is 633 g/mol. The zero-order valence-corrected chi connectivity index (χ0v) is 24.6. The molecule has 12 heteroatoms. The van der Waals surface area contributed by atoms with Gasteiger partial charge in [0, 0.05) is 17.5 Å². The number of nitrogens with two attached hydrogens (primary N) is 1. The third kappa shape index (κ3) is 10.5. The number of anilines is 2. The zero-order valence-electron chi connectivity index (χ0n) is 24.6. The van der Waals surface area contributed by atoms with E-state index in [1.165, 1.54) is 42.2 Å². The van der Waals surface area contributed by atoms with Crippen LogP contribution in [0.4, 0.5) is 33.3 Å². The van der Waals surface area contributed by atoms with Gasteiger partial charge in [0.05, 0.1) is 11.4 Å². The summed E-state index contributed by atoms with van der Waals surface area (Å²) in [5.74, 6) is -2.42. The number of alkyl halides is 3. The number of aliphatic carboxylic acids is 1. The number of amides is 1. The summed E-state index contributed by atoms with van der Waals surface area (Å²) in [6, 6.07) is 19.0. The standard InChI is InChI=1S/C31H36F2N4O.C2HF3O2/c32-25-9-7-23(8-10-25)27-19-29(27)35-20-22-13-16-37(17-14-22)15-1-2-21-3-5-24(6-4-21)31(38)36-30-18-26(33)11-12-28(30)34;3-2(4,5)1(6)7/h3-12,18,22,27,29,35H,1-2,13-17,19-20,34H2,(H,36,38);(H,6,7). The normalized spacial score (nSPS) is 18.5. The van der Waals surface area contributed by atoms with Crippen LogP contribution in [0.5, 0.6) is 0 Å². The van der Waals surface area contributed by atoms with Gasteiger partial charge in [0.15, 0.2) is 0 Å². The predicted octanol–water partition coefficient (Wildman–Crippen LogP) is 6.22. The zero-order chi connectivity index (χ0) is 32.6. The van der Waals surface area contributed by atoms with Gasteiger partial charge in [-0.05, 0) is 118 Å². The quantitative estimate of drug-likeness (QED) is 0.156. The Bertz CT molecular complexity index is 1430. The number of carbonyl (C=O) groups excluding carboxylic acids is 1. The second-order valence-electron chi connectivity index (χ2n) is 11.5. The molecule has 0 bridgehead atoms. The lowest BCUT2D eigenvalue weighted by Gasteiger charge is -2.32. The largest absolute Gasteiger partial charge is 0.490 e. The second kappa shape index (κ2) is 15.3. The van der Waals surface area contributed by atoms with E-state index in [-0.39, 0.29) is 17.4 Å². The van der Waals surface area contributed by atoms with Gasteiger partial charge in [-0.1, -0.05) is 24.3 Å². The Morgan fingerprint density at radius 3 is 2.18 bits per heavy atom. The number of nitrogens with one attached hydrogen (secondary N) is 2. The van der Waals surface area contributed by atoms with Crippen molar-refractivity contribution in [3.8, 4) is 0 Å². The molecule has 3 aromatic carbocycles. The molecule has 7 nitrogen and oxygen atoms in total. The fraction of sp³-hybridized carbons (Fsp3) is 0.394. The van der Waals surface area contributed by atoms with Crippen LogP contribution in [-0.2, 0) is 11.2 Å². The molecule has 242 valence electrons. The Kier molecular flexibility index (Phi) is 11.5. The first-order chi connectivity index (χ1) is 21.4. The molecule has 0 spiro atoms. The molecule has 1 saturated carbocycles. The maximum Gasteiger partial charge on any atom is 0.490 e. The number of nitrogens with zero attached hydrogens (tertiary/aromatic N) is 1. The Balaban J connectivity index is 0.000000591. The molecule has 2 aliphatic rings. The molecule has 2 unspecified atom stereocenters. The van der Waals surface area contributed by atoms with Crippen LogP contribution in [0.1, 0.15) is 53.1 Å². The van der Waals surface area contributed by atoms with Crippen LogP contribution < -0.4 is 16.4 Å². The minimum Gasteiger partial charge on any atom is -0.475 e. The molecule has 0 aromatic heterocycles. The lowest BCUT2D eigenvalue weighted by Crippen LogP contribution is -2.38. The Labute approximate surface area is 258 Å². The number of piperidine rings is 1. The van der Waals surface area contributed by atoms with Gasteiger partial charge in [-0.15, -0.1) is 0 Å². The number of aryl methyl sites for hydroxylation is 1. The highest BCUT2D eigenvalue weighted by molar-refractivity contribution is 6.05. The van der Waals surface area contributed by atoms with Crippen LogP contribution >= 0.6 is 0 Å². The molecular weight excluding hydrogens is 595 g/mol. The van der Waals surface area contributed by atoms with Crippen molar-refractivity contribution in [3.05, 3.63) is 95.1 Å². The monoisotopic (exact) mass is 632 g/mol. The number of carboxylic acids is 1. The number of carbonyl (C=O) groups is 2. The summed E-state index contributed by atoms with van der Waals surface area (Å²) >= 11 is 0. The maximum atomic E-state index is 13.4. The molecule has 2 fully saturated rings. The third-order valence-electron chi connectivity index (χ3n) is 8.13. The molecule has 1 amide bonds. The lowest BCUT2D eigenvalue weighted by atomic mass is 9.96. The SMILES string of the molecule is Nc1ccc(F)cc1NC(=O)c1ccc(CCCN2CCC(CNC3CC3c3ccc(F)cc3)CC2)cc1.O=C(O)C(F)(F)F. The van der Waals surface area contributed by atoms with Crippen molar-refractivity contribution in [1.29, 1.82) is 0 Å². The van der Waals surface area contributed by atoms with Gasteiger partial charge in [-0.3, -0.25) is 4.79 Å². The van der Waals surface area contributed by atoms with Crippen molar-refractivity contribution >= 4 is 23.3 Å². The van der Waals surface area contributed by atoms with Gasteiger partial charge < -0.3 is 26.4 Å². The van der Waals surface area contributed by atoms with Gasteiger partial charge in [0.2, 0.25) is 0 Å². The van der Waals surface area contributed by atoms with Crippen molar-refractivity contribution in [2.24, 2.45) is 5.92 Å². The van der Waals surface area contributed by atoms with Gasteiger partial charge in [0.1, 0.15) is 11.6 Å². The highest BCUT2D eigenvalue weighted by atomic mass is 19.4. The number of rotatable bonds is 10. The van der Waals surface area contributed by atoms with E-state index >= 15 is 0 Å². The minimum absolute atomic E-state index is 0.168. The molecule has 5 rings (SSSR count). The van der Waals surface area contributed by atoms with E-state index in [1.54, 1.807) is 24.3 Å². The van der Waals surface area contributed by atoms with Gasteiger partial charge in [-0.2, -0.15) is 13.2 Å². The molecule has 2 atom stereocenters. The summed E-state index contributed by atoms with van der Waals surface area (Å²) in [5, 5.41) is 13.5. The van der Waals surface area contributed by atoms with Crippen LogP contribution in [0.25, 0.3) is 0 Å². The number of carboxylic acid groups (broad SMARTS) is 1. The van der Waals surface area contributed by atoms with Crippen LogP contribution in [0.15, 0.2) is 66.7 Å². The van der Waals surface area contributed by atoms with Crippen molar-refractivity contribution < 1.29 is 36.6 Å². The van der Waals surface area contributed by atoms with Crippen molar-refractivity contribution in [3.63, 3.8) is 0 Å². The van der Waals surface area contributed by atoms with Gasteiger partial charge >= 0.3 is 12.1 Å². The predicted molar refractivity (Wildman–Crippen MR) is 162 cm³/mol. The van der Waals surface area contributed by atoms with E-state index in [4.69, 9.17) is 15.6 Å². The van der Waals surface area contributed by atoms with Crippen LogP contribution in [0, 0.1) is 17.6 Å². The molecule has 0 radical (unpaired) electrons. The van der Waals surface area contributed by atoms with Gasteiger partial charge in [0.25, 0.3) is 5.91 Å².